The summed E-state index contributed by atoms with van der Waals surface area (Å²) in [6.07, 6.45) is 1.95. The number of aliphatic hydroxyl groups is 1. The van der Waals surface area contributed by atoms with Gasteiger partial charge < -0.3 is 15.2 Å². The van der Waals surface area contributed by atoms with Gasteiger partial charge in [0.15, 0.2) is 0 Å². The fraction of sp³-hybridized carbons (Fsp3) is 0.682. The van der Waals surface area contributed by atoms with Crippen molar-refractivity contribution >= 4 is 17.7 Å². The lowest BCUT2D eigenvalue weighted by molar-refractivity contribution is -0.158. The van der Waals surface area contributed by atoms with Gasteiger partial charge in [-0.25, -0.2) is 0 Å². The monoisotopic (exact) mass is 395 g/mol. The number of thioether (sulfide) groups is 1. The number of hydrogen-bond acceptors (Lipinski definition) is 5. The average Bonchev–Trinajstić information content (AvgIpc) is 2.56. The van der Waals surface area contributed by atoms with Crippen molar-refractivity contribution in [2.45, 2.75) is 88.7 Å². The summed E-state index contributed by atoms with van der Waals surface area (Å²) in [4.78, 5) is 13.7. The summed E-state index contributed by atoms with van der Waals surface area (Å²) < 4.78 is 5.59. The van der Waals surface area contributed by atoms with E-state index in [4.69, 9.17) is 4.74 Å². The number of carbonyl (C=O) groups excluding carboxylic acids is 1. The Morgan fingerprint density at radius 2 is 1.85 bits per heavy atom. The van der Waals surface area contributed by atoms with Crippen LogP contribution in [0.2, 0.25) is 0 Å². The van der Waals surface area contributed by atoms with Crippen LogP contribution >= 0.6 is 11.8 Å². The number of ether oxygens (including phenoxy) is 1. The lowest BCUT2D eigenvalue weighted by Gasteiger charge is -2.28. The van der Waals surface area contributed by atoms with E-state index in [0.717, 1.165) is 17.7 Å². The Labute approximate surface area is 169 Å². The predicted octanol–water partition coefficient (Wildman–Crippen LogP) is 4.65. The van der Waals surface area contributed by atoms with Crippen LogP contribution in [0.15, 0.2) is 35.2 Å². The molecule has 0 aliphatic rings. The molecule has 27 heavy (non-hydrogen) atoms. The number of benzene rings is 1. The molecule has 154 valence electrons. The molecule has 0 heterocycles. The molecule has 0 radical (unpaired) electrons. The highest BCUT2D eigenvalue weighted by Crippen LogP contribution is 2.27. The van der Waals surface area contributed by atoms with Crippen molar-refractivity contribution in [1.29, 1.82) is 0 Å². The summed E-state index contributed by atoms with van der Waals surface area (Å²) in [6, 6.07) is 9.73. The Bertz CT molecular complexity index is 542. The van der Waals surface area contributed by atoms with Crippen LogP contribution in [-0.4, -0.2) is 40.6 Å². The molecule has 2 N–H and O–H groups in total. The van der Waals surface area contributed by atoms with Crippen molar-refractivity contribution in [3.63, 3.8) is 0 Å². The first-order valence-corrected chi connectivity index (χ1v) is 10.9. The highest BCUT2D eigenvalue weighted by atomic mass is 32.2. The van der Waals surface area contributed by atoms with Crippen molar-refractivity contribution in [3.05, 3.63) is 30.3 Å². The molecule has 1 rings (SSSR count). The first-order valence-electron chi connectivity index (χ1n) is 9.98. The molecule has 0 amide bonds. The zero-order valence-electron chi connectivity index (χ0n) is 17.7. The van der Waals surface area contributed by atoms with E-state index in [0.29, 0.717) is 18.9 Å². The number of rotatable bonds is 11. The molecule has 0 aliphatic carbocycles. The summed E-state index contributed by atoms with van der Waals surface area (Å²) in [5.74, 6) is 0.153. The molecule has 0 unspecified atom stereocenters. The summed E-state index contributed by atoms with van der Waals surface area (Å²) in [7, 11) is 0. The van der Waals surface area contributed by atoms with Gasteiger partial charge in [0.2, 0.25) is 0 Å². The molecule has 0 fully saturated rings. The van der Waals surface area contributed by atoms with Gasteiger partial charge >= 0.3 is 5.97 Å². The van der Waals surface area contributed by atoms with Gasteiger partial charge in [0.05, 0.1) is 6.10 Å². The molecular formula is C22H37NO3S. The minimum atomic E-state index is -0.506. The maximum absolute atomic E-state index is 12.6. The van der Waals surface area contributed by atoms with E-state index in [2.05, 4.69) is 38.2 Å². The Hall–Kier alpha value is -1.04. The van der Waals surface area contributed by atoms with E-state index in [9.17, 15) is 9.90 Å². The van der Waals surface area contributed by atoms with Gasteiger partial charge in [0.25, 0.3) is 0 Å². The van der Waals surface area contributed by atoms with Crippen molar-refractivity contribution in [2.75, 3.05) is 6.54 Å². The van der Waals surface area contributed by atoms with Crippen LogP contribution in [0.5, 0.6) is 0 Å². The molecule has 0 aromatic heterocycles. The smallest absolute Gasteiger partial charge is 0.323 e. The zero-order valence-corrected chi connectivity index (χ0v) is 18.5. The number of carbonyl (C=O) groups is 1. The van der Waals surface area contributed by atoms with E-state index in [1.807, 2.05) is 39.0 Å². The summed E-state index contributed by atoms with van der Waals surface area (Å²) in [5, 5.41) is 14.0. The molecule has 0 saturated heterocycles. The molecule has 1 aromatic carbocycles. The molecule has 4 nitrogen and oxygen atoms in total. The van der Waals surface area contributed by atoms with E-state index < -0.39 is 11.7 Å². The average molecular weight is 396 g/mol. The Kier molecular flexibility index (Phi) is 10.4. The molecule has 0 saturated carbocycles. The topological polar surface area (TPSA) is 58.6 Å². The van der Waals surface area contributed by atoms with E-state index >= 15 is 0 Å². The van der Waals surface area contributed by atoms with Crippen molar-refractivity contribution in [2.24, 2.45) is 5.92 Å². The SMILES string of the molecule is CCC[C@H](O)[C@@H](CN[C@@H](CC(C)C)C(=O)OC(C)(C)C)Sc1ccccc1. The summed E-state index contributed by atoms with van der Waals surface area (Å²) in [5.41, 5.74) is -0.506. The van der Waals surface area contributed by atoms with Gasteiger partial charge in [-0.1, -0.05) is 45.4 Å². The fourth-order valence-corrected chi connectivity index (χ4v) is 3.91. The standard InChI is InChI=1S/C22H37NO3S/c1-7-11-19(24)20(27-17-12-9-8-10-13-17)15-23-18(14-16(2)3)21(25)26-22(4,5)6/h8-10,12-13,16,18-20,23-24H,7,11,14-15H2,1-6H3/t18-,19-,20+/m0/s1. The maximum atomic E-state index is 12.6. The van der Waals surface area contributed by atoms with Crippen LogP contribution in [0.1, 0.15) is 60.8 Å². The maximum Gasteiger partial charge on any atom is 0.323 e. The minimum Gasteiger partial charge on any atom is -0.459 e. The normalized spacial score (nSPS) is 15.4. The van der Waals surface area contributed by atoms with Crippen LogP contribution < -0.4 is 5.32 Å². The summed E-state index contributed by atoms with van der Waals surface area (Å²) in [6.45, 7) is 12.5. The summed E-state index contributed by atoms with van der Waals surface area (Å²) >= 11 is 1.66. The lowest BCUT2D eigenvalue weighted by Crippen LogP contribution is -2.46. The highest BCUT2D eigenvalue weighted by Gasteiger charge is 2.28. The van der Waals surface area contributed by atoms with E-state index in [-0.39, 0.29) is 17.3 Å². The number of hydrogen-bond donors (Lipinski definition) is 2. The Balaban J connectivity index is 2.81. The van der Waals surface area contributed by atoms with Gasteiger partial charge in [-0.05, 0) is 51.7 Å². The zero-order chi connectivity index (χ0) is 20.4. The van der Waals surface area contributed by atoms with Crippen LogP contribution in [0.25, 0.3) is 0 Å². The largest absolute Gasteiger partial charge is 0.459 e. The van der Waals surface area contributed by atoms with E-state index in [1.54, 1.807) is 11.8 Å². The predicted molar refractivity (Wildman–Crippen MR) is 114 cm³/mol. The second-order valence-corrected chi connectivity index (χ2v) is 9.76. The number of esters is 1. The Morgan fingerprint density at radius 1 is 1.22 bits per heavy atom. The van der Waals surface area contributed by atoms with E-state index in [1.165, 1.54) is 0 Å². The highest BCUT2D eigenvalue weighted by molar-refractivity contribution is 8.00. The molecular weight excluding hydrogens is 358 g/mol. The third kappa shape index (κ3) is 10.2. The molecule has 1 aromatic rings. The van der Waals surface area contributed by atoms with Crippen LogP contribution in [0, 0.1) is 5.92 Å². The van der Waals surface area contributed by atoms with Crippen molar-refractivity contribution in [1.82, 2.24) is 5.32 Å². The molecule has 3 atom stereocenters. The van der Waals surface area contributed by atoms with Gasteiger partial charge in [-0.3, -0.25) is 4.79 Å². The number of aliphatic hydroxyl groups excluding tert-OH is 1. The van der Waals surface area contributed by atoms with Gasteiger partial charge in [0.1, 0.15) is 11.6 Å². The molecule has 5 heteroatoms. The third-order valence-electron chi connectivity index (χ3n) is 4.01. The fourth-order valence-electron chi connectivity index (χ4n) is 2.78. The van der Waals surface area contributed by atoms with Gasteiger partial charge in [-0.2, -0.15) is 0 Å². The first-order chi connectivity index (χ1) is 12.6. The molecule has 0 bridgehead atoms. The quantitative estimate of drug-likeness (QED) is 0.422. The molecule has 0 aliphatic heterocycles. The Morgan fingerprint density at radius 3 is 2.37 bits per heavy atom. The second-order valence-electron chi connectivity index (χ2n) is 8.45. The third-order valence-corrected chi connectivity index (χ3v) is 5.34. The van der Waals surface area contributed by atoms with Crippen molar-refractivity contribution < 1.29 is 14.6 Å². The second kappa shape index (κ2) is 11.7. The minimum absolute atomic E-state index is 0.0237. The van der Waals surface area contributed by atoms with Crippen LogP contribution in [-0.2, 0) is 9.53 Å². The van der Waals surface area contributed by atoms with Gasteiger partial charge in [0, 0.05) is 16.7 Å². The van der Waals surface area contributed by atoms with Crippen LogP contribution in [0.4, 0.5) is 0 Å². The first kappa shape index (κ1) is 24.0. The lowest BCUT2D eigenvalue weighted by atomic mass is 10.0. The van der Waals surface area contributed by atoms with Crippen LogP contribution in [0.3, 0.4) is 0 Å². The number of nitrogens with one attached hydrogen (secondary N) is 1. The molecule has 0 spiro atoms. The van der Waals surface area contributed by atoms with Gasteiger partial charge in [-0.15, -0.1) is 11.8 Å². The van der Waals surface area contributed by atoms with Crippen molar-refractivity contribution in [3.8, 4) is 0 Å².